The molecule has 3 atom stereocenters. The third-order valence-electron chi connectivity index (χ3n) is 8.13. The standard InChI is InChI=1S/C29H36ClFN6O5S2/c1-17-13-19(31)14-21(30)22(17)25-23(28(38)42-4)24(34-26(35-25)27-32-8-12-43-27)18-5-9-37(10-6-18)44(40,41)20-15-33-36(16-20)11-7-29(2,3)39/h8,12-18,22,25,39H,5-7,9-11H2,1-4H3,(H,34,35)/t17?,22?,25-/m1/s1. The van der Waals surface area contributed by atoms with Crippen molar-refractivity contribution in [3.8, 4) is 0 Å². The molecule has 0 radical (unpaired) electrons. The van der Waals surface area contributed by atoms with Gasteiger partial charge in [-0.05, 0) is 51.2 Å². The molecule has 44 heavy (non-hydrogen) atoms. The van der Waals surface area contributed by atoms with Gasteiger partial charge in [0, 0.05) is 60.0 Å². The first-order chi connectivity index (χ1) is 20.8. The number of aliphatic imine (C=N–C) groups is 1. The second-order valence-electron chi connectivity index (χ2n) is 11.8. The van der Waals surface area contributed by atoms with Gasteiger partial charge < -0.3 is 15.2 Å². The van der Waals surface area contributed by atoms with Crippen LogP contribution in [0.4, 0.5) is 4.39 Å². The van der Waals surface area contributed by atoms with Crippen molar-refractivity contribution in [1.82, 2.24) is 24.4 Å². The maximum atomic E-state index is 14.2. The first-order valence-corrected chi connectivity index (χ1v) is 17.0. The summed E-state index contributed by atoms with van der Waals surface area (Å²) in [5.74, 6) is -1.68. The summed E-state index contributed by atoms with van der Waals surface area (Å²) in [6, 6.07) is -0.780. The Morgan fingerprint density at radius 1 is 1.32 bits per heavy atom. The van der Waals surface area contributed by atoms with Crippen molar-refractivity contribution in [3.63, 3.8) is 0 Å². The Labute approximate surface area is 265 Å². The molecule has 0 saturated carbocycles. The smallest absolute Gasteiger partial charge is 0.337 e. The van der Waals surface area contributed by atoms with Crippen molar-refractivity contribution in [2.45, 2.75) is 63.1 Å². The molecular weight excluding hydrogens is 631 g/mol. The van der Waals surface area contributed by atoms with Gasteiger partial charge in [0.05, 0.1) is 30.5 Å². The summed E-state index contributed by atoms with van der Waals surface area (Å²) in [6.45, 7) is 6.00. The largest absolute Gasteiger partial charge is 0.466 e. The second-order valence-corrected chi connectivity index (χ2v) is 15.1. The van der Waals surface area contributed by atoms with E-state index in [9.17, 15) is 22.7 Å². The third-order valence-corrected chi connectivity index (χ3v) is 11.1. The quantitative estimate of drug-likeness (QED) is 0.383. The zero-order valence-electron chi connectivity index (χ0n) is 24.9. The molecule has 1 fully saturated rings. The summed E-state index contributed by atoms with van der Waals surface area (Å²) in [5.41, 5.74) is -0.0173. The van der Waals surface area contributed by atoms with E-state index in [4.69, 9.17) is 21.3 Å². The Morgan fingerprint density at radius 3 is 2.66 bits per heavy atom. The van der Waals surface area contributed by atoms with Crippen LogP contribution in [0.2, 0.25) is 0 Å². The van der Waals surface area contributed by atoms with E-state index in [0.29, 0.717) is 47.9 Å². The third kappa shape index (κ3) is 6.84. The molecule has 0 aromatic carbocycles. The Morgan fingerprint density at radius 2 is 2.05 bits per heavy atom. The Balaban J connectivity index is 1.42. The molecule has 4 heterocycles. The maximum absolute atomic E-state index is 14.2. The first-order valence-electron chi connectivity index (χ1n) is 14.3. The summed E-state index contributed by atoms with van der Waals surface area (Å²) >= 11 is 7.99. The molecular formula is C29H36ClFN6O5S2. The zero-order chi connectivity index (χ0) is 31.8. The van der Waals surface area contributed by atoms with Crippen LogP contribution < -0.4 is 5.32 Å². The molecule has 238 valence electrons. The first kappa shape index (κ1) is 32.5. The van der Waals surface area contributed by atoms with E-state index in [1.165, 1.54) is 52.0 Å². The minimum atomic E-state index is -3.82. The van der Waals surface area contributed by atoms with Crippen LogP contribution in [0.5, 0.6) is 0 Å². The molecule has 2 unspecified atom stereocenters. The van der Waals surface area contributed by atoms with E-state index in [-0.39, 0.29) is 34.9 Å². The number of nitrogens with one attached hydrogen (secondary N) is 1. The average Bonchev–Trinajstić information content (AvgIpc) is 3.68. The number of allylic oxidation sites excluding steroid dienone is 4. The second kappa shape index (κ2) is 12.8. The Hall–Kier alpha value is -2.91. The van der Waals surface area contributed by atoms with Crippen molar-refractivity contribution in [1.29, 1.82) is 0 Å². The van der Waals surface area contributed by atoms with Gasteiger partial charge in [-0.15, -0.1) is 11.3 Å². The molecule has 2 N–H and O–H groups in total. The van der Waals surface area contributed by atoms with Gasteiger partial charge in [0.15, 0.2) is 10.8 Å². The fourth-order valence-electron chi connectivity index (χ4n) is 5.80. The summed E-state index contributed by atoms with van der Waals surface area (Å²) in [4.78, 5) is 22.8. The van der Waals surface area contributed by atoms with Crippen molar-refractivity contribution in [2.75, 3.05) is 20.2 Å². The molecule has 0 spiro atoms. The molecule has 0 amide bonds. The van der Waals surface area contributed by atoms with Gasteiger partial charge in [0.1, 0.15) is 10.7 Å². The molecule has 5 rings (SSSR count). The van der Waals surface area contributed by atoms with Crippen molar-refractivity contribution in [2.24, 2.45) is 22.7 Å². The number of piperidine rings is 1. The average molecular weight is 667 g/mol. The SMILES string of the molecule is COC(=O)C1=C(C2CCN(S(=O)(=O)c3cnn(CCC(C)(C)O)c3)CC2)NC(c2nccs2)=N[C@@H]1C1C(Cl)=CC(F)=CC1C. The number of halogens is 2. The lowest BCUT2D eigenvalue weighted by Crippen LogP contribution is -2.46. The van der Waals surface area contributed by atoms with Gasteiger partial charge in [-0.25, -0.2) is 22.6 Å². The van der Waals surface area contributed by atoms with Crippen molar-refractivity contribution in [3.05, 3.63) is 63.3 Å². The van der Waals surface area contributed by atoms with Crippen LogP contribution in [-0.4, -0.2) is 76.2 Å². The highest BCUT2D eigenvalue weighted by Crippen LogP contribution is 2.42. The minimum Gasteiger partial charge on any atom is -0.466 e. The minimum absolute atomic E-state index is 0.0863. The molecule has 3 aliphatic rings. The molecule has 1 saturated heterocycles. The van der Waals surface area contributed by atoms with E-state index in [2.05, 4.69) is 15.4 Å². The fourth-order valence-corrected chi connectivity index (χ4v) is 8.24. The number of aromatic nitrogens is 3. The van der Waals surface area contributed by atoms with Crippen LogP contribution in [0, 0.1) is 17.8 Å². The highest BCUT2D eigenvalue weighted by molar-refractivity contribution is 7.89. The highest BCUT2D eigenvalue weighted by Gasteiger charge is 2.43. The number of esters is 1. The van der Waals surface area contributed by atoms with E-state index >= 15 is 0 Å². The van der Waals surface area contributed by atoms with Crippen LogP contribution in [0.15, 0.2) is 68.1 Å². The number of carbonyl (C=O) groups excluding carboxylic acids is 1. The van der Waals surface area contributed by atoms with Crippen LogP contribution in [0.3, 0.4) is 0 Å². The van der Waals surface area contributed by atoms with Crippen molar-refractivity contribution < 1.29 is 27.4 Å². The molecule has 11 nitrogen and oxygen atoms in total. The lowest BCUT2D eigenvalue weighted by atomic mass is 9.77. The Bertz CT molecular complexity index is 1620. The normalized spacial score (nSPS) is 24.0. The van der Waals surface area contributed by atoms with E-state index in [1.807, 2.05) is 12.3 Å². The summed E-state index contributed by atoms with van der Waals surface area (Å²) in [6.07, 6.45) is 8.43. The summed E-state index contributed by atoms with van der Waals surface area (Å²) in [7, 11) is -2.52. The number of sulfonamides is 1. The monoisotopic (exact) mass is 666 g/mol. The molecule has 0 bridgehead atoms. The molecule has 2 aliphatic heterocycles. The zero-order valence-corrected chi connectivity index (χ0v) is 27.3. The predicted molar refractivity (Wildman–Crippen MR) is 165 cm³/mol. The number of aliphatic hydroxyl groups is 1. The van der Waals surface area contributed by atoms with Gasteiger partial charge in [0.2, 0.25) is 10.0 Å². The van der Waals surface area contributed by atoms with Crippen LogP contribution in [-0.2, 0) is 26.1 Å². The number of hydrogen-bond acceptors (Lipinski definition) is 10. The van der Waals surface area contributed by atoms with E-state index in [1.54, 1.807) is 20.0 Å². The van der Waals surface area contributed by atoms with Gasteiger partial charge in [-0.2, -0.15) is 9.40 Å². The molecule has 15 heteroatoms. The van der Waals surface area contributed by atoms with E-state index < -0.39 is 39.4 Å². The number of thiazole rings is 1. The summed E-state index contributed by atoms with van der Waals surface area (Å²) in [5, 5.41) is 20.2. The number of methoxy groups -OCH3 is 1. The molecule has 1 aliphatic carbocycles. The number of hydrogen-bond donors (Lipinski definition) is 2. The van der Waals surface area contributed by atoms with Crippen molar-refractivity contribution >= 4 is 44.8 Å². The topological polar surface area (TPSA) is 139 Å². The lowest BCUT2D eigenvalue weighted by Gasteiger charge is -2.38. The Kier molecular flexibility index (Phi) is 9.47. The lowest BCUT2D eigenvalue weighted by molar-refractivity contribution is -0.136. The van der Waals surface area contributed by atoms with Gasteiger partial charge in [-0.3, -0.25) is 9.67 Å². The number of aryl methyl sites for hydroxylation is 1. The number of ether oxygens (including phenoxy) is 1. The van der Waals surface area contributed by atoms with Gasteiger partial charge >= 0.3 is 5.97 Å². The van der Waals surface area contributed by atoms with Crippen LogP contribution in [0.25, 0.3) is 0 Å². The highest BCUT2D eigenvalue weighted by atomic mass is 35.5. The van der Waals surface area contributed by atoms with Crippen LogP contribution >= 0.6 is 22.9 Å². The number of carbonyl (C=O) groups is 1. The van der Waals surface area contributed by atoms with Gasteiger partial charge in [-0.1, -0.05) is 18.5 Å². The number of amidine groups is 1. The maximum Gasteiger partial charge on any atom is 0.337 e. The van der Waals surface area contributed by atoms with E-state index in [0.717, 1.165) is 0 Å². The fraction of sp³-hybridized carbons (Fsp3) is 0.517. The molecule has 2 aromatic heterocycles. The summed E-state index contributed by atoms with van der Waals surface area (Å²) < 4.78 is 49.4. The van der Waals surface area contributed by atoms with Crippen LogP contribution in [0.1, 0.15) is 45.0 Å². The van der Waals surface area contributed by atoms with Gasteiger partial charge in [0.25, 0.3) is 0 Å². The number of nitrogens with zero attached hydrogens (tertiary/aromatic N) is 5. The predicted octanol–water partition coefficient (Wildman–Crippen LogP) is 3.99. The molecule has 2 aromatic rings. The number of rotatable bonds is 9.